The van der Waals surface area contributed by atoms with Gasteiger partial charge in [-0.25, -0.2) is 0 Å². The van der Waals surface area contributed by atoms with E-state index in [0.717, 1.165) is 24.2 Å². The molecule has 1 saturated heterocycles. The number of carbonyl (C=O) groups is 2. The molecule has 5 rings (SSSR count). The molecule has 2 aliphatic rings. The van der Waals surface area contributed by atoms with Gasteiger partial charge in [-0.05, 0) is 60.6 Å². The van der Waals surface area contributed by atoms with Crippen molar-refractivity contribution in [3.8, 4) is 11.1 Å². The van der Waals surface area contributed by atoms with Crippen LogP contribution in [0.2, 0.25) is 0 Å². The lowest BCUT2D eigenvalue weighted by molar-refractivity contribution is 0.0938. The monoisotopic (exact) mass is 402 g/mol. The lowest BCUT2D eigenvalue weighted by Crippen LogP contribution is -2.36. The van der Waals surface area contributed by atoms with Crippen LogP contribution in [-0.4, -0.2) is 36.2 Å². The smallest absolute Gasteiger partial charge is 0.251 e. The summed E-state index contributed by atoms with van der Waals surface area (Å²) in [5.41, 5.74) is 3.73. The van der Waals surface area contributed by atoms with E-state index >= 15 is 0 Å². The molecule has 1 atom stereocenters. The summed E-state index contributed by atoms with van der Waals surface area (Å²) in [6.07, 6.45) is 2.42. The van der Waals surface area contributed by atoms with E-state index in [9.17, 15) is 9.59 Å². The van der Waals surface area contributed by atoms with E-state index in [1.54, 1.807) is 17.4 Å². The predicted molar refractivity (Wildman–Crippen MR) is 116 cm³/mol. The van der Waals surface area contributed by atoms with Crippen molar-refractivity contribution in [3.05, 3.63) is 81.5 Å². The second-order valence-electron chi connectivity index (χ2n) is 7.62. The maximum absolute atomic E-state index is 12.9. The van der Waals surface area contributed by atoms with Gasteiger partial charge in [0.05, 0.1) is 6.04 Å². The quantitative estimate of drug-likeness (QED) is 0.534. The lowest BCUT2D eigenvalue weighted by Gasteiger charge is -2.27. The molecule has 1 aliphatic carbocycles. The van der Waals surface area contributed by atoms with Crippen LogP contribution in [0.3, 0.4) is 0 Å². The van der Waals surface area contributed by atoms with Crippen LogP contribution in [0.1, 0.15) is 50.0 Å². The van der Waals surface area contributed by atoms with Gasteiger partial charge in [-0.2, -0.15) is 0 Å². The molecule has 1 amide bonds. The highest BCUT2D eigenvalue weighted by Crippen LogP contribution is 2.36. The molecule has 0 saturated carbocycles. The summed E-state index contributed by atoms with van der Waals surface area (Å²) in [5.74, 6) is -0.129. The molecule has 0 spiro atoms. The number of hydrogen-bond acceptors (Lipinski definition) is 4. The van der Waals surface area contributed by atoms with Gasteiger partial charge >= 0.3 is 0 Å². The van der Waals surface area contributed by atoms with Gasteiger partial charge in [0.2, 0.25) is 0 Å². The van der Waals surface area contributed by atoms with Crippen LogP contribution in [0, 0.1) is 0 Å². The summed E-state index contributed by atoms with van der Waals surface area (Å²) in [5, 5.41) is 5.19. The van der Waals surface area contributed by atoms with E-state index in [1.165, 1.54) is 17.7 Å². The minimum Gasteiger partial charge on any atom is -0.350 e. The minimum atomic E-state index is -0.127. The van der Waals surface area contributed by atoms with Crippen LogP contribution < -0.4 is 5.32 Å². The van der Waals surface area contributed by atoms with Gasteiger partial charge in [0, 0.05) is 28.1 Å². The fourth-order valence-electron chi connectivity index (χ4n) is 4.40. The molecule has 1 aromatic heterocycles. The van der Waals surface area contributed by atoms with Gasteiger partial charge in [-0.1, -0.05) is 36.4 Å². The van der Waals surface area contributed by atoms with Crippen LogP contribution in [0.25, 0.3) is 11.1 Å². The van der Waals surface area contributed by atoms with E-state index in [4.69, 9.17) is 0 Å². The maximum Gasteiger partial charge on any atom is 0.251 e. The van der Waals surface area contributed by atoms with Crippen molar-refractivity contribution in [1.29, 1.82) is 0 Å². The predicted octanol–water partition coefficient (Wildman–Crippen LogP) is 4.53. The number of amides is 1. The van der Waals surface area contributed by atoms with Crippen molar-refractivity contribution in [2.24, 2.45) is 0 Å². The Hall–Kier alpha value is -2.76. The average Bonchev–Trinajstić information content (AvgIpc) is 3.51. The Bertz CT molecular complexity index is 1070. The first-order valence-corrected chi connectivity index (χ1v) is 10.9. The Morgan fingerprint density at radius 3 is 2.48 bits per heavy atom. The van der Waals surface area contributed by atoms with E-state index < -0.39 is 0 Å². The number of likely N-dealkylation sites (tertiary alicyclic amines) is 1. The Morgan fingerprint density at radius 1 is 0.966 bits per heavy atom. The number of hydrogen-bond donors (Lipinski definition) is 1. The first-order chi connectivity index (χ1) is 14.2. The van der Waals surface area contributed by atoms with Crippen LogP contribution in [0.5, 0.6) is 0 Å². The molecule has 3 aromatic rings. The van der Waals surface area contributed by atoms with Crippen LogP contribution in [0.4, 0.5) is 0 Å². The normalized spacial score (nSPS) is 16.5. The van der Waals surface area contributed by atoms with Gasteiger partial charge in [-0.15, -0.1) is 11.3 Å². The summed E-state index contributed by atoms with van der Waals surface area (Å²) in [7, 11) is 0. The largest absolute Gasteiger partial charge is 0.350 e. The summed E-state index contributed by atoms with van der Waals surface area (Å²) in [6, 6.07) is 17.5. The van der Waals surface area contributed by atoms with Gasteiger partial charge < -0.3 is 5.32 Å². The highest BCUT2D eigenvalue weighted by molar-refractivity contribution is 7.10. The fraction of sp³-hybridized carbons (Fsp3) is 0.250. The standard InChI is InChI=1S/C24H22N2O2S/c27-23-19-7-2-1-6-17(19)18-10-9-16(14-20(18)23)24(28)25-15-21(22-8-5-13-29-22)26-11-3-4-12-26/h1-2,5-10,13-14,21H,3-4,11-12,15H2,(H,25,28)/t21-/m1/s1. The summed E-state index contributed by atoms with van der Waals surface area (Å²) in [4.78, 5) is 29.3. The summed E-state index contributed by atoms with van der Waals surface area (Å²) < 4.78 is 0. The lowest BCUT2D eigenvalue weighted by atomic mass is 10.0. The van der Waals surface area contributed by atoms with Crippen molar-refractivity contribution in [2.75, 3.05) is 19.6 Å². The molecule has 29 heavy (non-hydrogen) atoms. The summed E-state index contributed by atoms with van der Waals surface area (Å²) >= 11 is 1.74. The molecule has 1 aliphatic heterocycles. The van der Waals surface area contributed by atoms with Crippen LogP contribution in [0.15, 0.2) is 60.0 Å². The Morgan fingerprint density at radius 2 is 1.72 bits per heavy atom. The molecular weight excluding hydrogens is 380 g/mol. The van der Waals surface area contributed by atoms with Crippen molar-refractivity contribution >= 4 is 23.0 Å². The maximum atomic E-state index is 12.9. The van der Waals surface area contributed by atoms with E-state index in [-0.39, 0.29) is 17.7 Å². The molecule has 2 heterocycles. The molecule has 1 N–H and O–H groups in total. The zero-order chi connectivity index (χ0) is 19.8. The second kappa shape index (κ2) is 7.58. The molecule has 2 aromatic carbocycles. The Balaban J connectivity index is 1.34. The third-order valence-electron chi connectivity index (χ3n) is 5.90. The van der Waals surface area contributed by atoms with E-state index in [1.807, 2.05) is 36.4 Å². The van der Waals surface area contributed by atoms with Gasteiger partial charge in [0.25, 0.3) is 5.91 Å². The van der Waals surface area contributed by atoms with Crippen molar-refractivity contribution in [3.63, 3.8) is 0 Å². The van der Waals surface area contributed by atoms with Gasteiger partial charge in [0.15, 0.2) is 5.78 Å². The molecule has 146 valence electrons. The Kier molecular flexibility index (Phi) is 4.78. The Labute approximate surface area is 174 Å². The van der Waals surface area contributed by atoms with Crippen molar-refractivity contribution in [2.45, 2.75) is 18.9 Å². The zero-order valence-corrected chi connectivity index (χ0v) is 16.9. The molecule has 1 fully saturated rings. The fourth-order valence-corrected chi connectivity index (χ4v) is 5.27. The second-order valence-corrected chi connectivity index (χ2v) is 8.60. The number of carbonyl (C=O) groups excluding carboxylic acids is 2. The van der Waals surface area contributed by atoms with Crippen LogP contribution >= 0.6 is 11.3 Å². The molecule has 0 unspecified atom stereocenters. The molecule has 0 bridgehead atoms. The highest BCUT2D eigenvalue weighted by Gasteiger charge is 2.28. The number of benzene rings is 2. The number of ketones is 1. The number of nitrogens with zero attached hydrogens (tertiary/aromatic N) is 1. The molecular formula is C24H22N2O2S. The number of rotatable bonds is 5. The van der Waals surface area contributed by atoms with E-state index in [2.05, 4.69) is 27.7 Å². The molecule has 0 radical (unpaired) electrons. The van der Waals surface area contributed by atoms with Crippen LogP contribution in [-0.2, 0) is 0 Å². The molecule has 4 nitrogen and oxygen atoms in total. The summed E-state index contributed by atoms with van der Waals surface area (Å²) in [6.45, 7) is 2.72. The zero-order valence-electron chi connectivity index (χ0n) is 16.1. The van der Waals surface area contributed by atoms with Crippen molar-refractivity contribution < 1.29 is 9.59 Å². The topological polar surface area (TPSA) is 49.4 Å². The first-order valence-electron chi connectivity index (χ1n) is 10.1. The SMILES string of the molecule is O=C(NC[C@H](c1cccs1)N1CCCC1)c1ccc2c(c1)C(=O)c1ccccc1-2. The highest BCUT2D eigenvalue weighted by atomic mass is 32.1. The number of thiophene rings is 1. The first kappa shape index (κ1) is 18.3. The third kappa shape index (κ3) is 3.30. The minimum absolute atomic E-state index is 0.00113. The average molecular weight is 403 g/mol. The number of fused-ring (bicyclic) bond motifs is 3. The van der Waals surface area contributed by atoms with E-state index in [0.29, 0.717) is 23.2 Å². The molecule has 5 heteroatoms. The van der Waals surface area contributed by atoms with Gasteiger partial charge in [-0.3, -0.25) is 14.5 Å². The van der Waals surface area contributed by atoms with Gasteiger partial charge in [0.1, 0.15) is 0 Å². The number of nitrogens with one attached hydrogen (secondary N) is 1. The van der Waals surface area contributed by atoms with Crippen molar-refractivity contribution in [1.82, 2.24) is 10.2 Å². The third-order valence-corrected chi connectivity index (χ3v) is 6.87.